The van der Waals surface area contributed by atoms with E-state index in [0.29, 0.717) is 11.8 Å². The average Bonchev–Trinajstić information content (AvgIpc) is 2.63. The third-order valence-electron chi connectivity index (χ3n) is 4.82. The summed E-state index contributed by atoms with van der Waals surface area (Å²) in [5.74, 6) is 1.41. The maximum Gasteiger partial charge on any atom is 0.0958 e. The largest absolute Gasteiger partial charge is 0.331 e. The zero-order valence-electron chi connectivity index (χ0n) is 11.9. The van der Waals surface area contributed by atoms with Gasteiger partial charge in [-0.25, -0.2) is 4.98 Å². The first kappa shape index (κ1) is 13.9. The highest BCUT2D eigenvalue weighted by atomic mass is 35.5. The van der Waals surface area contributed by atoms with Crippen molar-refractivity contribution in [2.24, 2.45) is 0 Å². The van der Waals surface area contributed by atoms with Crippen LogP contribution in [0.5, 0.6) is 0 Å². The molecule has 1 aliphatic carbocycles. The molecule has 5 rings (SSSR count). The van der Waals surface area contributed by atoms with Crippen molar-refractivity contribution >= 4 is 23.4 Å². The van der Waals surface area contributed by atoms with Crippen LogP contribution in [0.15, 0.2) is 18.5 Å². The second kappa shape index (κ2) is 5.38. The van der Waals surface area contributed by atoms with Crippen molar-refractivity contribution in [1.82, 2.24) is 14.9 Å². The quantitative estimate of drug-likeness (QED) is 0.919. The molecule has 2 aromatic rings. The maximum atomic E-state index is 4.60. The van der Waals surface area contributed by atoms with Gasteiger partial charge < -0.3 is 9.88 Å². The number of aryl methyl sites for hydroxylation is 1. The van der Waals surface area contributed by atoms with E-state index in [2.05, 4.69) is 33.9 Å². The molecular weight excluding hydrogens is 270 g/mol. The smallest absolute Gasteiger partial charge is 0.0958 e. The SMILES string of the molecule is CCCn1cnc2cc3c(cc21)C1CCC3CNC1.Cl. The van der Waals surface area contributed by atoms with Gasteiger partial charge >= 0.3 is 0 Å². The van der Waals surface area contributed by atoms with Crippen molar-refractivity contribution in [3.8, 4) is 0 Å². The van der Waals surface area contributed by atoms with E-state index in [4.69, 9.17) is 0 Å². The Labute approximate surface area is 126 Å². The molecule has 2 bridgehead atoms. The first-order valence-corrected chi connectivity index (χ1v) is 7.56. The molecule has 2 aliphatic heterocycles. The van der Waals surface area contributed by atoms with Crippen molar-refractivity contribution in [1.29, 1.82) is 0 Å². The van der Waals surface area contributed by atoms with Crippen LogP contribution in [-0.2, 0) is 6.54 Å². The molecule has 0 amide bonds. The van der Waals surface area contributed by atoms with Crippen molar-refractivity contribution in [2.45, 2.75) is 44.6 Å². The fourth-order valence-corrected chi connectivity index (χ4v) is 3.83. The van der Waals surface area contributed by atoms with Crippen LogP contribution < -0.4 is 5.32 Å². The summed E-state index contributed by atoms with van der Waals surface area (Å²) in [7, 11) is 0. The van der Waals surface area contributed by atoms with Crippen molar-refractivity contribution in [3.63, 3.8) is 0 Å². The van der Waals surface area contributed by atoms with Crippen LogP contribution in [0, 0.1) is 0 Å². The molecule has 2 unspecified atom stereocenters. The Balaban J connectivity index is 0.00000121. The van der Waals surface area contributed by atoms with E-state index in [1.165, 1.54) is 23.9 Å². The first-order valence-electron chi connectivity index (χ1n) is 7.56. The zero-order chi connectivity index (χ0) is 12.8. The van der Waals surface area contributed by atoms with Crippen LogP contribution in [0.2, 0.25) is 0 Å². The molecule has 1 aromatic heterocycles. The van der Waals surface area contributed by atoms with Gasteiger partial charge in [0.05, 0.1) is 17.4 Å². The van der Waals surface area contributed by atoms with Crippen LogP contribution in [0.3, 0.4) is 0 Å². The van der Waals surface area contributed by atoms with Gasteiger partial charge in [-0.3, -0.25) is 0 Å². The van der Waals surface area contributed by atoms with Gasteiger partial charge in [-0.15, -0.1) is 12.4 Å². The Morgan fingerprint density at radius 1 is 1.20 bits per heavy atom. The standard InChI is InChI=1S/C16H21N3.ClH/c1-2-5-19-10-18-15-6-13-11-3-4-12(9-17-8-11)14(13)7-16(15)19;/h6-7,10-12,17H,2-5,8-9H2,1H3;1H. The number of nitrogens with one attached hydrogen (secondary N) is 1. The van der Waals surface area contributed by atoms with Crippen LogP contribution in [0.4, 0.5) is 0 Å². The molecule has 0 radical (unpaired) electrons. The third kappa shape index (κ3) is 2.04. The first-order chi connectivity index (χ1) is 9.36. The van der Waals surface area contributed by atoms with Gasteiger partial charge in [-0.2, -0.15) is 0 Å². The summed E-state index contributed by atoms with van der Waals surface area (Å²) in [6.45, 7) is 5.59. The third-order valence-corrected chi connectivity index (χ3v) is 4.82. The van der Waals surface area contributed by atoms with Crippen molar-refractivity contribution < 1.29 is 0 Å². The lowest BCUT2D eigenvalue weighted by atomic mass is 9.78. The lowest BCUT2D eigenvalue weighted by Crippen LogP contribution is -2.18. The molecule has 4 heteroatoms. The lowest BCUT2D eigenvalue weighted by molar-refractivity contribution is 0.550. The number of aromatic nitrogens is 2. The summed E-state index contributed by atoms with van der Waals surface area (Å²) in [6, 6.07) is 4.79. The number of hydrogen-bond donors (Lipinski definition) is 1. The van der Waals surface area contributed by atoms with Crippen molar-refractivity contribution in [2.75, 3.05) is 13.1 Å². The van der Waals surface area contributed by atoms with E-state index in [1.807, 2.05) is 6.33 Å². The maximum absolute atomic E-state index is 4.60. The second-order valence-electron chi connectivity index (χ2n) is 6.04. The van der Waals surface area contributed by atoms with Gasteiger partial charge in [0.1, 0.15) is 0 Å². The highest BCUT2D eigenvalue weighted by molar-refractivity contribution is 5.85. The lowest BCUT2D eigenvalue weighted by Gasteiger charge is -2.26. The van der Waals surface area contributed by atoms with Crippen LogP contribution in [-0.4, -0.2) is 22.6 Å². The van der Waals surface area contributed by atoms with E-state index in [0.717, 1.165) is 26.1 Å². The van der Waals surface area contributed by atoms with Gasteiger partial charge in [-0.05, 0) is 54.4 Å². The summed E-state index contributed by atoms with van der Waals surface area (Å²) >= 11 is 0. The topological polar surface area (TPSA) is 29.9 Å². The molecule has 1 N–H and O–H groups in total. The number of benzene rings is 1. The Bertz CT molecular complexity index is 615. The molecule has 0 saturated carbocycles. The van der Waals surface area contributed by atoms with Gasteiger partial charge in [0.2, 0.25) is 0 Å². The summed E-state index contributed by atoms with van der Waals surface area (Å²) in [4.78, 5) is 4.60. The summed E-state index contributed by atoms with van der Waals surface area (Å²) < 4.78 is 2.31. The molecule has 1 aromatic carbocycles. The molecule has 20 heavy (non-hydrogen) atoms. The predicted molar refractivity (Wildman–Crippen MR) is 84.9 cm³/mol. The molecule has 1 fully saturated rings. The van der Waals surface area contributed by atoms with Gasteiger partial charge in [-0.1, -0.05) is 6.92 Å². The molecule has 3 aliphatic rings. The number of nitrogens with zero attached hydrogens (tertiary/aromatic N) is 2. The van der Waals surface area contributed by atoms with E-state index in [9.17, 15) is 0 Å². The van der Waals surface area contributed by atoms with E-state index in [1.54, 1.807) is 11.1 Å². The molecular formula is C16H22ClN3. The highest BCUT2D eigenvalue weighted by Gasteiger charge is 2.31. The normalized spacial score (nSPS) is 24.2. The molecule has 1 saturated heterocycles. The summed E-state index contributed by atoms with van der Waals surface area (Å²) in [5.41, 5.74) is 5.66. The van der Waals surface area contributed by atoms with E-state index in [-0.39, 0.29) is 12.4 Å². The number of imidazole rings is 1. The fraction of sp³-hybridized carbons (Fsp3) is 0.562. The van der Waals surface area contributed by atoms with E-state index < -0.39 is 0 Å². The highest BCUT2D eigenvalue weighted by Crippen LogP contribution is 2.41. The fourth-order valence-electron chi connectivity index (χ4n) is 3.83. The minimum atomic E-state index is 0. The monoisotopic (exact) mass is 291 g/mol. The number of fused-ring (bicyclic) bond motifs is 4. The molecule has 108 valence electrons. The number of rotatable bonds is 2. The predicted octanol–water partition coefficient (Wildman–Crippen LogP) is 3.43. The Morgan fingerprint density at radius 2 is 1.90 bits per heavy atom. The Kier molecular flexibility index (Phi) is 3.74. The molecule has 0 spiro atoms. The van der Waals surface area contributed by atoms with Crippen LogP contribution in [0.1, 0.15) is 49.1 Å². The molecule has 3 heterocycles. The average molecular weight is 292 g/mol. The summed E-state index contributed by atoms with van der Waals surface area (Å²) in [6.07, 6.45) is 5.85. The minimum absolute atomic E-state index is 0. The van der Waals surface area contributed by atoms with E-state index >= 15 is 0 Å². The number of hydrogen-bond acceptors (Lipinski definition) is 2. The molecule has 2 atom stereocenters. The van der Waals surface area contributed by atoms with Crippen LogP contribution in [0.25, 0.3) is 11.0 Å². The zero-order valence-corrected chi connectivity index (χ0v) is 12.7. The van der Waals surface area contributed by atoms with Gasteiger partial charge in [0.15, 0.2) is 0 Å². The van der Waals surface area contributed by atoms with Crippen molar-refractivity contribution in [3.05, 3.63) is 29.6 Å². The van der Waals surface area contributed by atoms with Crippen LogP contribution >= 0.6 is 12.4 Å². The van der Waals surface area contributed by atoms with Gasteiger partial charge in [0.25, 0.3) is 0 Å². The second-order valence-corrected chi connectivity index (χ2v) is 6.04. The molecule has 3 nitrogen and oxygen atoms in total. The summed E-state index contributed by atoms with van der Waals surface area (Å²) in [5, 5.41) is 3.62. The number of halogens is 1. The Morgan fingerprint density at radius 3 is 2.60 bits per heavy atom. The van der Waals surface area contributed by atoms with Gasteiger partial charge in [0, 0.05) is 19.6 Å². The minimum Gasteiger partial charge on any atom is -0.331 e. The Hall–Kier alpha value is -1.06.